The van der Waals surface area contributed by atoms with Gasteiger partial charge in [-0.05, 0) is 24.6 Å². The first-order valence-corrected chi connectivity index (χ1v) is 5.69. The second-order valence-electron chi connectivity index (χ2n) is 4.35. The zero-order chi connectivity index (χ0) is 12.0. The number of amides is 1. The van der Waals surface area contributed by atoms with Crippen molar-refractivity contribution < 1.29 is 4.79 Å². The monoisotopic (exact) mass is 223 g/mol. The van der Waals surface area contributed by atoms with Crippen molar-refractivity contribution in [3.8, 4) is 0 Å². The fourth-order valence-electron chi connectivity index (χ4n) is 1.64. The molecule has 1 aromatic rings. The number of carbonyl (C=O) groups excluding carboxylic acids is 1. The van der Waals surface area contributed by atoms with Crippen LogP contribution >= 0.6 is 0 Å². The van der Waals surface area contributed by atoms with Gasteiger partial charge in [-0.3, -0.25) is 4.79 Å². The number of aromatic amines is 1. The number of H-pyrrole nitrogens is 1. The molecule has 1 aromatic heterocycles. The maximum atomic E-state index is 11.9. The van der Waals surface area contributed by atoms with Gasteiger partial charge in [-0.2, -0.15) is 0 Å². The molecule has 1 unspecified atom stereocenters. The summed E-state index contributed by atoms with van der Waals surface area (Å²) in [4.78, 5) is 14.9. The number of hydrogen-bond acceptors (Lipinski definition) is 2. The highest BCUT2D eigenvalue weighted by atomic mass is 16.1. The molecule has 0 aliphatic rings. The first-order valence-electron chi connectivity index (χ1n) is 5.69. The summed E-state index contributed by atoms with van der Waals surface area (Å²) in [5.74, 6) is 0.494. The molecule has 0 aromatic carbocycles. The molecule has 1 atom stereocenters. The van der Waals surface area contributed by atoms with Crippen LogP contribution in [0, 0.1) is 11.8 Å². The molecule has 0 aliphatic heterocycles. The first kappa shape index (κ1) is 12.8. The van der Waals surface area contributed by atoms with Gasteiger partial charge in [-0.15, -0.1) is 0 Å². The largest absolute Gasteiger partial charge is 0.367 e. The van der Waals surface area contributed by atoms with Crippen molar-refractivity contribution in [3.05, 3.63) is 24.0 Å². The van der Waals surface area contributed by atoms with Crippen LogP contribution in [0.3, 0.4) is 0 Å². The summed E-state index contributed by atoms with van der Waals surface area (Å²) in [6.45, 7) is 5.45. The Balaban J connectivity index is 2.43. The van der Waals surface area contributed by atoms with Gasteiger partial charge in [-0.25, -0.2) is 0 Å². The van der Waals surface area contributed by atoms with Gasteiger partial charge in [0.25, 0.3) is 0 Å². The van der Waals surface area contributed by atoms with Gasteiger partial charge >= 0.3 is 0 Å². The van der Waals surface area contributed by atoms with E-state index in [4.69, 9.17) is 0 Å². The number of carbonyl (C=O) groups is 1. The van der Waals surface area contributed by atoms with Crippen molar-refractivity contribution in [2.24, 2.45) is 11.8 Å². The average molecular weight is 223 g/mol. The van der Waals surface area contributed by atoms with Gasteiger partial charge in [0.1, 0.15) is 0 Å². The second-order valence-corrected chi connectivity index (χ2v) is 4.35. The maximum Gasteiger partial charge on any atom is 0.224 e. The summed E-state index contributed by atoms with van der Waals surface area (Å²) in [5.41, 5.74) is 1.10. The van der Waals surface area contributed by atoms with Crippen molar-refractivity contribution in [2.45, 2.75) is 20.4 Å². The Morgan fingerprint density at radius 2 is 2.25 bits per heavy atom. The van der Waals surface area contributed by atoms with Crippen LogP contribution < -0.4 is 10.6 Å². The minimum absolute atomic E-state index is 0.0314. The number of aromatic nitrogens is 1. The zero-order valence-electron chi connectivity index (χ0n) is 10.2. The van der Waals surface area contributed by atoms with E-state index in [2.05, 4.69) is 29.5 Å². The van der Waals surface area contributed by atoms with Gasteiger partial charge in [0.15, 0.2) is 0 Å². The third-order valence-corrected chi connectivity index (χ3v) is 2.69. The Bertz CT molecular complexity index is 306. The van der Waals surface area contributed by atoms with E-state index in [1.54, 1.807) is 0 Å². The summed E-state index contributed by atoms with van der Waals surface area (Å²) in [6.07, 6.45) is 3.75. The Morgan fingerprint density at radius 1 is 1.50 bits per heavy atom. The lowest BCUT2D eigenvalue weighted by molar-refractivity contribution is -0.126. The highest BCUT2D eigenvalue weighted by molar-refractivity contribution is 5.79. The standard InChI is InChI=1S/C12H21N3O/c1-9(2)11(8-13-3)12(16)15-7-10-4-5-14-6-10/h4-6,9,11,13-14H,7-8H2,1-3H3,(H,15,16). The van der Waals surface area contributed by atoms with Gasteiger partial charge in [0.05, 0.1) is 5.92 Å². The van der Waals surface area contributed by atoms with Crippen LogP contribution in [0.25, 0.3) is 0 Å². The zero-order valence-corrected chi connectivity index (χ0v) is 10.2. The van der Waals surface area contributed by atoms with E-state index in [9.17, 15) is 4.79 Å². The predicted molar refractivity (Wildman–Crippen MR) is 64.9 cm³/mol. The van der Waals surface area contributed by atoms with Crippen LogP contribution in [-0.4, -0.2) is 24.5 Å². The molecule has 0 bridgehead atoms. The topological polar surface area (TPSA) is 56.9 Å². The fourth-order valence-corrected chi connectivity index (χ4v) is 1.64. The van der Waals surface area contributed by atoms with Crippen LogP contribution in [0.15, 0.2) is 18.5 Å². The maximum absolute atomic E-state index is 11.9. The van der Waals surface area contributed by atoms with E-state index in [1.165, 1.54) is 0 Å². The van der Waals surface area contributed by atoms with Crippen molar-refractivity contribution in [1.82, 2.24) is 15.6 Å². The molecule has 1 rings (SSSR count). The molecule has 0 radical (unpaired) electrons. The van der Waals surface area contributed by atoms with Crippen LogP contribution in [0.5, 0.6) is 0 Å². The van der Waals surface area contributed by atoms with E-state index in [0.29, 0.717) is 12.5 Å². The smallest absolute Gasteiger partial charge is 0.224 e. The molecule has 3 N–H and O–H groups in total. The molecule has 0 saturated heterocycles. The van der Waals surface area contributed by atoms with Gasteiger partial charge in [0, 0.05) is 25.5 Å². The van der Waals surface area contributed by atoms with Crippen molar-refractivity contribution in [3.63, 3.8) is 0 Å². The Morgan fingerprint density at radius 3 is 2.75 bits per heavy atom. The Kier molecular flexibility index (Phi) is 5.05. The van der Waals surface area contributed by atoms with E-state index >= 15 is 0 Å². The number of nitrogens with one attached hydrogen (secondary N) is 3. The Hall–Kier alpha value is -1.29. The minimum atomic E-state index is 0.0314. The highest BCUT2D eigenvalue weighted by Crippen LogP contribution is 2.10. The summed E-state index contributed by atoms with van der Waals surface area (Å²) in [5, 5.41) is 6.01. The lowest BCUT2D eigenvalue weighted by Gasteiger charge is -2.19. The third-order valence-electron chi connectivity index (χ3n) is 2.69. The van der Waals surface area contributed by atoms with Gasteiger partial charge in [-0.1, -0.05) is 13.8 Å². The molecular weight excluding hydrogens is 202 g/mol. The molecule has 0 saturated carbocycles. The molecule has 0 spiro atoms. The SMILES string of the molecule is CNCC(C(=O)NCc1cc[nH]c1)C(C)C. The average Bonchev–Trinajstić information content (AvgIpc) is 2.75. The molecule has 0 aliphatic carbocycles. The van der Waals surface area contributed by atoms with E-state index in [0.717, 1.165) is 12.1 Å². The highest BCUT2D eigenvalue weighted by Gasteiger charge is 2.20. The molecule has 90 valence electrons. The molecule has 0 fully saturated rings. The first-order chi connectivity index (χ1) is 7.65. The number of hydrogen-bond donors (Lipinski definition) is 3. The third kappa shape index (κ3) is 3.70. The van der Waals surface area contributed by atoms with Crippen molar-refractivity contribution in [2.75, 3.05) is 13.6 Å². The summed E-state index contributed by atoms with van der Waals surface area (Å²) in [6, 6.07) is 1.96. The lowest BCUT2D eigenvalue weighted by atomic mass is 9.95. The van der Waals surface area contributed by atoms with E-state index < -0.39 is 0 Å². The second kappa shape index (κ2) is 6.33. The minimum Gasteiger partial charge on any atom is -0.367 e. The molecule has 4 nitrogen and oxygen atoms in total. The fraction of sp³-hybridized carbons (Fsp3) is 0.583. The Labute approximate surface area is 96.8 Å². The lowest BCUT2D eigenvalue weighted by Crippen LogP contribution is -2.38. The van der Waals surface area contributed by atoms with Crippen LogP contribution in [0.1, 0.15) is 19.4 Å². The molecule has 1 heterocycles. The van der Waals surface area contributed by atoms with E-state index in [-0.39, 0.29) is 11.8 Å². The summed E-state index contributed by atoms with van der Waals surface area (Å²) < 4.78 is 0. The van der Waals surface area contributed by atoms with Crippen molar-refractivity contribution in [1.29, 1.82) is 0 Å². The van der Waals surface area contributed by atoms with Crippen LogP contribution in [0.4, 0.5) is 0 Å². The number of rotatable bonds is 6. The quantitative estimate of drug-likeness (QED) is 0.677. The van der Waals surface area contributed by atoms with E-state index in [1.807, 2.05) is 25.5 Å². The molecule has 16 heavy (non-hydrogen) atoms. The van der Waals surface area contributed by atoms with Gasteiger partial charge < -0.3 is 15.6 Å². The molecule has 1 amide bonds. The normalized spacial score (nSPS) is 12.8. The summed E-state index contributed by atoms with van der Waals surface area (Å²) >= 11 is 0. The van der Waals surface area contributed by atoms with Crippen LogP contribution in [0.2, 0.25) is 0 Å². The van der Waals surface area contributed by atoms with Crippen molar-refractivity contribution >= 4 is 5.91 Å². The summed E-state index contributed by atoms with van der Waals surface area (Å²) in [7, 11) is 1.87. The van der Waals surface area contributed by atoms with Crippen LogP contribution in [-0.2, 0) is 11.3 Å². The van der Waals surface area contributed by atoms with Gasteiger partial charge in [0.2, 0.25) is 5.91 Å². The predicted octanol–water partition coefficient (Wildman–Crippen LogP) is 1.12. The molecule has 4 heteroatoms. The molecular formula is C12H21N3O.